The lowest BCUT2D eigenvalue weighted by atomic mass is 9.74. The van der Waals surface area contributed by atoms with Gasteiger partial charge in [0.15, 0.2) is 0 Å². The Morgan fingerprint density at radius 1 is 1.29 bits per heavy atom. The zero-order valence-electron chi connectivity index (χ0n) is 12.6. The van der Waals surface area contributed by atoms with E-state index in [1.165, 1.54) is 25.5 Å². The third-order valence-electron chi connectivity index (χ3n) is 4.83. The van der Waals surface area contributed by atoms with Crippen molar-refractivity contribution in [1.29, 1.82) is 0 Å². The Kier molecular flexibility index (Phi) is 3.85. The zero-order valence-corrected chi connectivity index (χ0v) is 12.6. The van der Waals surface area contributed by atoms with Crippen molar-refractivity contribution in [1.82, 2.24) is 14.8 Å². The standard InChI is InChI=1S/C16H23N3O2/c1-18-8-2-5-16(11-18)6-3-9-19(12-16)15(21)13-4-7-17-10-14(13)20/h4,7,10,20H,2-3,5-6,8-9,11-12H2,1H3. The number of aromatic hydroxyl groups is 1. The molecule has 1 amide bonds. The highest BCUT2D eigenvalue weighted by molar-refractivity contribution is 5.96. The number of aromatic nitrogens is 1. The fraction of sp³-hybridized carbons (Fsp3) is 0.625. The highest BCUT2D eigenvalue weighted by atomic mass is 16.3. The maximum atomic E-state index is 12.7. The first-order chi connectivity index (χ1) is 10.1. The number of pyridine rings is 1. The van der Waals surface area contributed by atoms with Crippen molar-refractivity contribution in [3.63, 3.8) is 0 Å². The normalized spacial score (nSPS) is 27.0. The van der Waals surface area contributed by atoms with Gasteiger partial charge in [-0.3, -0.25) is 9.78 Å². The molecule has 0 radical (unpaired) electrons. The quantitative estimate of drug-likeness (QED) is 0.855. The van der Waals surface area contributed by atoms with Crippen molar-refractivity contribution in [2.24, 2.45) is 5.41 Å². The van der Waals surface area contributed by atoms with Gasteiger partial charge in [0.05, 0.1) is 11.8 Å². The van der Waals surface area contributed by atoms with Crippen LogP contribution in [-0.2, 0) is 0 Å². The second kappa shape index (κ2) is 5.64. The molecule has 3 heterocycles. The number of carbonyl (C=O) groups is 1. The number of hydrogen-bond donors (Lipinski definition) is 1. The average Bonchev–Trinajstić information content (AvgIpc) is 2.47. The van der Waals surface area contributed by atoms with Crippen molar-refractivity contribution in [3.8, 4) is 5.75 Å². The van der Waals surface area contributed by atoms with E-state index < -0.39 is 0 Å². The van der Waals surface area contributed by atoms with Crippen LogP contribution in [-0.4, -0.2) is 59.0 Å². The van der Waals surface area contributed by atoms with Crippen LogP contribution in [0.4, 0.5) is 0 Å². The summed E-state index contributed by atoms with van der Waals surface area (Å²) in [4.78, 5) is 20.8. The Morgan fingerprint density at radius 2 is 2.05 bits per heavy atom. The molecule has 1 aromatic heterocycles. The maximum Gasteiger partial charge on any atom is 0.257 e. The van der Waals surface area contributed by atoms with Gasteiger partial charge >= 0.3 is 0 Å². The molecule has 2 aliphatic heterocycles. The van der Waals surface area contributed by atoms with Crippen LogP contribution in [0.25, 0.3) is 0 Å². The Labute approximate surface area is 125 Å². The summed E-state index contributed by atoms with van der Waals surface area (Å²) >= 11 is 0. The summed E-state index contributed by atoms with van der Waals surface area (Å²) in [5.74, 6) is -0.0925. The molecule has 21 heavy (non-hydrogen) atoms. The monoisotopic (exact) mass is 289 g/mol. The lowest BCUT2D eigenvalue weighted by Crippen LogP contribution is -2.52. The average molecular weight is 289 g/mol. The lowest BCUT2D eigenvalue weighted by Gasteiger charge is -2.47. The fourth-order valence-corrected chi connectivity index (χ4v) is 3.91. The number of amides is 1. The molecular formula is C16H23N3O2. The minimum absolute atomic E-state index is 0.0251. The van der Waals surface area contributed by atoms with Crippen LogP contribution in [0.15, 0.2) is 18.5 Å². The van der Waals surface area contributed by atoms with E-state index in [-0.39, 0.29) is 17.1 Å². The molecule has 1 aromatic rings. The van der Waals surface area contributed by atoms with E-state index in [0.717, 1.165) is 32.6 Å². The first kappa shape index (κ1) is 14.3. The van der Waals surface area contributed by atoms with Crippen molar-refractivity contribution in [2.75, 3.05) is 33.2 Å². The molecule has 1 atom stereocenters. The van der Waals surface area contributed by atoms with Gasteiger partial charge in [-0.2, -0.15) is 0 Å². The van der Waals surface area contributed by atoms with E-state index in [1.54, 1.807) is 12.3 Å². The summed E-state index contributed by atoms with van der Waals surface area (Å²) in [6, 6.07) is 1.60. The van der Waals surface area contributed by atoms with Gasteiger partial charge in [0.25, 0.3) is 5.91 Å². The molecule has 0 saturated carbocycles. The van der Waals surface area contributed by atoms with E-state index in [2.05, 4.69) is 16.9 Å². The van der Waals surface area contributed by atoms with Gasteiger partial charge < -0.3 is 14.9 Å². The second-order valence-corrected chi connectivity index (χ2v) is 6.56. The predicted molar refractivity (Wildman–Crippen MR) is 80.2 cm³/mol. The molecule has 0 aromatic carbocycles. The molecule has 3 rings (SSSR count). The summed E-state index contributed by atoms with van der Waals surface area (Å²) in [6.07, 6.45) is 7.54. The molecule has 1 spiro atoms. The SMILES string of the molecule is CN1CCCC2(CCCN(C(=O)c3ccncc3O)C2)C1. The summed E-state index contributed by atoms with van der Waals surface area (Å²) in [6.45, 7) is 3.81. The Balaban J connectivity index is 1.77. The van der Waals surface area contributed by atoms with Gasteiger partial charge in [-0.15, -0.1) is 0 Å². The largest absolute Gasteiger partial charge is 0.505 e. The van der Waals surface area contributed by atoms with Gasteiger partial charge in [-0.05, 0) is 45.3 Å². The van der Waals surface area contributed by atoms with Crippen molar-refractivity contribution < 1.29 is 9.90 Å². The summed E-state index contributed by atoms with van der Waals surface area (Å²) in [7, 11) is 2.16. The van der Waals surface area contributed by atoms with Crippen LogP contribution in [0.1, 0.15) is 36.0 Å². The number of rotatable bonds is 1. The van der Waals surface area contributed by atoms with Gasteiger partial charge in [0.1, 0.15) is 5.75 Å². The molecule has 5 heteroatoms. The topological polar surface area (TPSA) is 56.7 Å². The highest BCUT2D eigenvalue weighted by Gasteiger charge is 2.39. The number of piperidine rings is 2. The number of hydrogen-bond acceptors (Lipinski definition) is 4. The van der Waals surface area contributed by atoms with Crippen LogP contribution in [0, 0.1) is 5.41 Å². The molecule has 2 aliphatic rings. The van der Waals surface area contributed by atoms with Crippen LogP contribution < -0.4 is 0 Å². The third-order valence-corrected chi connectivity index (χ3v) is 4.83. The summed E-state index contributed by atoms with van der Waals surface area (Å²) in [5.41, 5.74) is 0.607. The Bertz CT molecular complexity index is 530. The summed E-state index contributed by atoms with van der Waals surface area (Å²) in [5, 5.41) is 9.84. The minimum Gasteiger partial charge on any atom is -0.505 e. The molecular weight excluding hydrogens is 266 g/mol. The van der Waals surface area contributed by atoms with Crippen LogP contribution >= 0.6 is 0 Å². The molecule has 0 bridgehead atoms. The molecule has 114 valence electrons. The van der Waals surface area contributed by atoms with Gasteiger partial charge in [0.2, 0.25) is 0 Å². The smallest absolute Gasteiger partial charge is 0.257 e. The second-order valence-electron chi connectivity index (χ2n) is 6.56. The minimum atomic E-state index is -0.0674. The Hall–Kier alpha value is -1.62. The molecule has 0 aliphatic carbocycles. The van der Waals surface area contributed by atoms with Gasteiger partial charge in [-0.25, -0.2) is 0 Å². The maximum absolute atomic E-state index is 12.7. The third kappa shape index (κ3) is 2.88. The highest BCUT2D eigenvalue weighted by Crippen LogP contribution is 2.38. The number of likely N-dealkylation sites (tertiary alicyclic amines) is 2. The molecule has 1 N–H and O–H groups in total. The van der Waals surface area contributed by atoms with E-state index in [9.17, 15) is 9.90 Å². The molecule has 2 saturated heterocycles. The fourth-order valence-electron chi connectivity index (χ4n) is 3.91. The molecule has 2 fully saturated rings. The van der Waals surface area contributed by atoms with E-state index >= 15 is 0 Å². The van der Waals surface area contributed by atoms with Crippen molar-refractivity contribution >= 4 is 5.91 Å². The van der Waals surface area contributed by atoms with E-state index in [0.29, 0.717) is 5.56 Å². The van der Waals surface area contributed by atoms with Crippen LogP contribution in [0.3, 0.4) is 0 Å². The first-order valence-corrected chi connectivity index (χ1v) is 7.70. The van der Waals surface area contributed by atoms with Crippen molar-refractivity contribution in [2.45, 2.75) is 25.7 Å². The Morgan fingerprint density at radius 3 is 2.76 bits per heavy atom. The predicted octanol–water partition coefficient (Wildman–Crippen LogP) is 1.74. The van der Waals surface area contributed by atoms with E-state index in [1.807, 2.05) is 4.90 Å². The zero-order chi connectivity index (χ0) is 14.9. The lowest BCUT2D eigenvalue weighted by molar-refractivity contribution is 0.0205. The van der Waals surface area contributed by atoms with Crippen molar-refractivity contribution in [3.05, 3.63) is 24.0 Å². The van der Waals surface area contributed by atoms with Crippen LogP contribution in [0.5, 0.6) is 5.75 Å². The van der Waals surface area contributed by atoms with Gasteiger partial charge in [-0.1, -0.05) is 0 Å². The van der Waals surface area contributed by atoms with Gasteiger partial charge in [0, 0.05) is 31.2 Å². The molecule has 1 unspecified atom stereocenters. The van der Waals surface area contributed by atoms with E-state index in [4.69, 9.17) is 0 Å². The summed E-state index contributed by atoms with van der Waals surface area (Å²) < 4.78 is 0. The first-order valence-electron chi connectivity index (χ1n) is 7.70. The number of nitrogens with zero attached hydrogens (tertiary/aromatic N) is 3. The molecule has 5 nitrogen and oxygen atoms in total. The number of carbonyl (C=O) groups excluding carboxylic acids is 1. The van der Waals surface area contributed by atoms with Crippen LogP contribution in [0.2, 0.25) is 0 Å².